The van der Waals surface area contributed by atoms with Crippen molar-refractivity contribution in [3.63, 3.8) is 0 Å². The van der Waals surface area contributed by atoms with Crippen molar-refractivity contribution in [3.05, 3.63) is 60.2 Å². The quantitative estimate of drug-likeness (QED) is 0.550. The molecule has 0 saturated heterocycles. The fraction of sp³-hybridized carbons (Fsp3) is 0.0556. The second-order valence-corrected chi connectivity index (χ2v) is 5.18. The molecule has 5 heteroatoms. The molecule has 2 aromatic heterocycles. The molecule has 5 nitrogen and oxygen atoms in total. The molecule has 0 radical (unpaired) electrons. The van der Waals surface area contributed by atoms with E-state index in [9.17, 15) is 0 Å². The molecular weight excluding hydrogens is 290 g/mol. The number of aromatic nitrogens is 2. The number of hydrogen-bond acceptors (Lipinski definition) is 5. The fourth-order valence-electron chi connectivity index (χ4n) is 2.52. The van der Waals surface area contributed by atoms with Crippen LogP contribution in [0.1, 0.15) is 11.5 Å². The molecule has 0 spiro atoms. The highest BCUT2D eigenvalue weighted by Crippen LogP contribution is 2.33. The number of fused-ring (bicyclic) bond motifs is 1. The van der Waals surface area contributed by atoms with Crippen LogP contribution in [0.5, 0.6) is 0 Å². The van der Waals surface area contributed by atoms with Crippen molar-refractivity contribution in [1.82, 2.24) is 10.2 Å². The minimum absolute atomic E-state index is 0.483. The van der Waals surface area contributed by atoms with Crippen LogP contribution in [-0.4, -0.2) is 10.2 Å². The van der Waals surface area contributed by atoms with E-state index in [1.807, 2.05) is 30.3 Å². The van der Waals surface area contributed by atoms with Crippen LogP contribution in [-0.2, 0) is 0 Å². The van der Waals surface area contributed by atoms with Gasteiger partial charge in [0, 0.05) is 23.4 Å². The molecule has 0 aliphatic rings. The van der Waals surface area contributed by atoms with Gasteiger partial charge in [-0.05, 0) is 35.9 Å². The molecule has 2 heterocycles. The summed E-state index contributed by atoms with van der Waals surface area (Å²) in [6.07, 6.45) is 1.72. The van der Waals surface area contributed by atoms with E-state index >= 15 is 0 Å². The Morgan fingerprint density at radius 2 is 1.78 bits per heavy atom. The number of aryl methyl sites for hydroxylation is 1. The van der Waals surface area contributed by atoms with E-state index in [4.69, 9.17) is 14.1 Å². The van der Waals surface area contributed by atoms with Crippen LogP contribution >= 0.6 is 0 Å². The van der Waals surface area contributed by atoms with Gasteiger partial charge in [0.1, 0.15) is 5.58 Å². The average Bonchev–Trinajstić information content (AvgIpc) is 3.20. The van der Waals surface area contributed by atoms with E-state index in [2.05, 4.69) is 16.3 Å². The van der Waals surface area contributed by atoms with Crippen LogP contribution in [0.15, 0.2) is 57.6 Å². The van der Waals surface area contributed by atoms with Crippen molar-refractivity contribution in [2.75, 3.05) is 0 Å². The van der Waals surface area contributed by atoms with Gasteiger partial charge in [0.05, 0.1) is 17.9 Å². The monoisotopic (exact) mass is 301 g/mol. The molecule has 0 fully saturated rings. The number of hydrogen-bond donors (Lipinski definition) is 0. The summed E-state index contributed by atoms with van der Waals surface area (Å²) in [5.74, 6) is 1.01. The van der Waals surface area contributed by atoms with Gasteiger partial charge in [0.2, 0.25) is 11.8 Å². The summed E-state index contributed by atoms with van der Waals surface area (Å²) in [6.45, 7) is 1.76. The van der Waals surface area contributed by atoms with Crippen LogP contribution < -0.4 is 0 Å². The second kappa shape index (κ2) is 5.11. The van der Waals surface area contributed by atoms with Crippen LogP contribution in [0.2, 0.25) is 0 Å². The van der Waals surface area contributed by atoms with Crippen LogP contribution in [0.25, 0.3) is 33.6 Å². The van der Waals surface area contributed by atoms with Gasteiger partial charge in [-0.15, -0.1) is 10.2 Å². The molecule has 0 unspecified atom stereocenters. The predicted octanol–water partition coefficient (Wildman–Crippen LogP) is 4.33. The first-order chi connectivity index (χ1) is 11.2. The van der Waals surface area contributed by atoms with E-state index in [0.717, 1.165) is 27.7 Å². The Kier molecular flexibility index (Phi) is 2.95. The molecule has 110 valence electrons. The number of furan rings is 1. The topological polar surface area (TPSA) is 75.8 Å². The molecule has 4 rings (SSSR count). The summed E-state index contributed by atoms with van der Waals surface area (Å²) in [5, 5.41) is 17.8. The molecule has 0 N–H and O–H groups in total. The largest absolute Gasteiger partial charge is 0.464 e. The van der Waals surface area contributed by atoms with E-state index in [1.54, 1.807) is 25.3 Å². The smallest absolute Gasteiger partial charge is 0.247 e. The number of nitriles is 1. The van der Waals surface area contributed by atoms with Crippen molar-refractivity contribution < 1.29 is 8.83 Å². The highest BCUT2D eigenvalue weighted by molar-refractivity contribution is 5.96. The molecule has 0 aliphatic carbocycles. The Balaban J connectivity index is 1.85. The first kappa shape index (κ1) is 13.3. The number of benzene rings is 2. The Bertz CT molecular complexity index is 1040. The third-order valence-corrected chi connectivity index (χ3v) is 3.67. The van der Waals surface area contributed by atoms with Gasteiger partial charge >= 0.3 is 0 Å². The Morgan fingerprint density at radius 1 is 1.00 bits per heavy atom. The zero-order valence-corrected chi connectivity index (χ0v) is 12.3. The molecule has 4 aromatic rings. The molecule has 0 bridgehead atoms. The SMILES string of the molecule is Cc1nnc(-c2ccc3occ(-c4ccc(C#N)cc4)c3c2)o1. The molecule has 0 aliphatic heterocycles. The van der Waals surface area contributed by atoms with Crippen molar-refractivity contribution in [1.29, 1.82) is 5.26 Å². The number of nitrogens with zero attached hydrogens (tertiary/aromatic N) is 3. The third kappa shape index (κ3) is 2.27. The van der Waals surface area contributed by atoms with E-state index in [1.165, 1.54) is 0 Å². The molecule has 0 atom stereocenters. The normalized spacial score (nSPS) is 10.8. The molecule has 0 amide bonds. The summed E-state index contributed by atoms with van der Waals surface area (Å²) in [5.41, 5.74) is 4.20. The Labute approximate surface area is 131 Å². The molecular formula is C18H11N3O2. The van der Waals surface area contributed by atoms with E-state index in [0.29, 0.717) is 17.3 Å². The summed E-state index contributed by atoms with van der Waals surface area (Å²) < 4.78 is 11.1. The lowest BCUT2D eigenvalue weighted by Crippen LogP contribution is -1.80. The maximum absolute atomic E-state index is 8.90. The third-order valence-electron chi connectivity index (χ3n) is 3.67. The summed E-state index contributed by atoms with van der Waals surface area (Å²) in [4.78, 5) is 0. The maximum atomic E-state index is 8.90. The summed E-state index contributed by atoms with van der Waals surface area (Å²) in [6, 6.07) is 15.3. The van der Waals surface area contributed by atoms with Gasteiger partial charge in [0.25, 0.3) is 0 Å². The number of rotatable bonds is 2. The van der Waals surface area contributed by atoms with Crippen LogP contribution in [0.3, 0.4) is 0 Å². The standard InChI is InChI=1S/C18H11N3O2/c1-11-20-21-18(23-11)14-6-7-17-15(8-14)16(10-22-17)13-4-2-12(9-19)3-5-13/h2-8,10H,1H3. The summed E-state index contributed by atoms with van der Waals surface area (Å²) >= 11 is 0. The van der Waals surface area contributed by atoms with Gasteiger partial charge in [-0.2, -0.15) is 5.26 Å². The first-order valence-corrected chi connectivity index (χ1v) is 7.07. The summed E-state index contributed by atoms with van der Waals surface area (Å²) in [7, 11) is 0. The fourth-order valence-corrected chi connectivity index (χ4v) is 2.52. The zero-order chi connectivity index (χ0) is 15.8. The van der Waals surface area contributed by atoms with Crippen molar-refractivity contribution >= 4 is 11.0 Å². The van der Waals surface area contributed by atoms with Gasteiger partial charge in [0.15, 0.2) is 0 Å². The van der Waals surface area contributed by atoms with Crippen molar-refractivity contribution in [2.45, 2.75) is 6.92 Å². The maximum Gasteiger partial charge on any atom is 0.247 e. The highest BCUT2D eigenvalue weighted by Gasteiger charge is 2.12. The highest BCUT2D eigenvalue weighted by atomic mass is 16.4. The minimum atomic E-state index is 0.483. The molecule has 2 aromatic carbocycles. The zero-order valence-electron chi connectivity index (χ0n) is 12.3. The lowest BCUT2D eigenvalue weighted by atomic mass is 10.0. The van der Waals surface area contributed by atoms with Crippen LogP contribution in [0.4, 0.5) is 0 Å². The molecule has 0 saturated carbocycles. The molecule has 23 heavy (non-hydrogen) atoms. The van der Waals surface area contributed by atoms with Gasteiger partial charge < -0.3 is 8.83 Å². The van der Waals surface area contributed by atoms with Gasteiger partial charge in [-0.3, -0.25) is 0 Å². The Morgan fingerprint density at radius 3 is 2.48 bits per heavy atom. The minimum Gasteiger partial charge on any atom is -0.464 e. The van der Waals surface area contributed by atoms with E-state index in [-0.39, 0.29) is 0 Å². The second-order valence-electron chi connectivity index (χ2n) is 5.18. The average molecular weight is 301 g/mol. The van der Waals surface area contributed by atoms with Gasteiger partial charge in [-0.1, -0.05) is 12.1 Å². The predicted molar refractivity (Wildman–Crippen MR) is 84.4 cm³/mol. The first-order valence-electron chi connectivity index (χ1n) is 7.07. The Hall–Kier alpha value is -3.39. The van der Waals surface area contributed by atoms with E-state index < -0.39 is 0 Å². The van der Waals surface area contributed by atoms with Gasteiger partial charge in [-0.25, -0.2) is 0 Å². The van der Waals surface area contributed by atoms with Crippen molar-refractivity contribution in [3.8, 4) is 28.7 Å². The lowest BCUT2D eigenvalue weighted by molar-refractivity contribution is 0.533. The lowest BCUT2D eigenvalue weighted by Gasteiger charge is -2.00. The van der Waals surface area contributed by atoms with Crippen LogP contribution in [0, 0.1) is 18.3 Å². The van der Waals surface area contributed by atoms with Crippen molar-refractivity contribution in [2.24, 2.45) is 0 Å².